The van der Waals surface area contributed by atoms with E-state index in [1.807, 2.05) is 30.3 Å². The lowest BCUT2D eigenvalue weighted by atomic mass is 10.0. The van der Waals surface area contributed by atoms with Crippen LogP contribution in [0.5, 0.6) is 5.75 Å². The number of rotatable bonds is 11. The number of carbonyl (C=O) groups excluding carboxylic acids is 3. The normalized spacial score (nSPS) is 14.3. The fourth-order valence-corrected chi connectivity index (χ4v) is 3.74. The van der Waals surface area contributed by atoms with Crippen molar-refractivity contribution in [2.24, 2.45) is 0 Å². The summed E-state index contributed by atoms with van der Waals surface area (Å²) in [7, 11) is 0. The van der Waals surface area contributed by atoms with Crippen molar-refractivity contribution >= 4 is 23.4 Å². The molecule has 0 unspecified atom stereocenters. The number of carbonyl (C=O) groups is 3. The second kappa shape index (κ2) is 13.3. The molecule has 2 aromatic carbocycles. The lowest BCUT2D eigenvalue weighted by Crippen LogP contribution is -2.48. The van der Waals surface area contributed by atoms with Crippen LogP contribution in [0.25, 0.3) is 0 Å². The molecule has 3 amide bonds. The van der Waals surface area contributed by atoms with E-state index < -0.39 is 0 Å². The van der Waals surface area contributed by atoms with Gasteiger partial charge in [0.2, 0.25) is 11.8 Å². The van der Waals surface area contributed by atoms with Gasteiger partial charge in [-0.25, -0.2) is 0 Å². The fourth-order valence-electron chi connectivity index (χ4n) is 3.74. The second-order valence-electron chi connectivity index (χ2n) is 8.44. The van der Waals surface area contributed by atoms with E-state index in [-0.39, 0.29) is 30.3 Å². The molecule has 34 heavy (non-hydrogen) atoms. The van der Waals surface area contributed by atoms with Gasteiger partial charge in [-0.2, -0.15) is 0 Å². The number of anilines is 1. The van der Waals surface area contributed by atoms with Crippen LogP contribution in [-0.4, -0.2) is 61.4 Å². The van der Waals surface area contributed by atoms with Gasteiger partial charge < -0.3 is 20.7 Å². The van der Waals surface area contributed by atoms with E-state index in [4.69, 9.17) is 4.74 Å². The summed E-state index contributed by atoms with van der Waals surface area (Å²) in [6.45, 7) is 4.46. The van der Waals surface area contributed by atoms with E-state index in [9.17, 15) is 14.4 Å². The van der Waals surface area contributed by atoms with Crippen molar-refractivity contribution in [2.45, 2.75) is 38.6 Å². The van der Waals surface area contributed by atoms with Gasteiger partial charge in [0.1, 0.15) is 5.75 Å². The maximum Gasteiger partial charge on any atom is 0.251 e. The maximum atomic E-state index is 12.3. The molecule has 1 fully saturated rings. The second-order valence-corrected chi connectivity index (χ2v) is 8.44. The van der Waals surface area contributed by atoms with Crippen LogP contribution in [0.3, 0.4) is 0 Å². The molecule has 0 spiro atoms. The van der Waals surface area contributed by atoms with Gasteiger partial charge >= 0.3 is 0 Å². The first-order chi connectivity index (χ1) is 16.5. The highest BCUT2D eigenvalue weighted by atomic mass is 16.5. The van der Waals surface area contributed by atoms with Gasteiger partial charge in [-0.05, 0) is 55.7 Å². The molecule has 0 radical (unpaired) electrons. The smallest absolute Gasteiger partial charge is 0.251 e. The van der Waals surface area contributed by atoms with Crippen LogP contribution < -0.4 is 20.7 Å². The van der Waals surface area contributed by atoms with Gasteiger partial charge in [0.15, 0.2) is 0 Å². The highest BCUT2D eigenvalue weighted by Crippen LogP contribution is 2.13. The molecule has 0 aliphatic carbocycles. The minimum atomic E-state index is -0.297. The monoisotopic (exact) mass is 466 g/mol. The van der Waals surface area contributed by atoms with Crippen LogP contribution in [0.1, 0.15) is 43.0 Å². The van der Waals surface area contributed by atoms with Gasteiger partial charge in [0.05, 0.1) is 19.7 Å². The van der Waals surface area contributed by atoms with Gasteiger partial charge in [0, 0.05) is 30.4 Å². The summed E-state index contributed by atoms with van der Waals surface area (Å²) >= 11 is 0. The Kier molecular flexibility index (Phi) is 9.91. The number of ether oxygens (including phenoxy) is 1. The molecule has 0 atom stereocenters. The van der Waals surface area contributed by atoms with Gasteiger partial charge in [-0.15, -0.1) is 0 Å². The number of nitrogens with zero attached hydrogens (tertiary/aromatic N) is 1. The summed E-state index contributed by atoms with van der Waals surface area (Å²) in [6.07, 6.45) is 3.57. The summed E-state index contributed by atoms with van der Waals surface area (Å²) < 4.78 is 5.60. The van der Waals surface area contributed by atoms with Crippen molar-refractivity contribution in [1.82, 2.24) is 15.5 Å². The van der Waals surface area contributed by atoms with Crippen molar-refractivity contribution < 1.29 is 19.1 Å². The topological polar surface area (TPSA) is 99.8 Å². The first kappa shape index (κ1) is 25.2. The molecule has 0 saturated carbocycles. The molecule has 8 nitrogen and oxygen atoms in total. The zero-order valence-electron chi connectivity index (χ0n) is 19.7. The lowest BCUT2D eigenvalue weighted by molar-refractivity contribution is -0.121. The maximum absolute atomic E-state index is 12.3. The van der Waals surface area contributed by atoms with E-state index >= 15 is 0 Å². The number of nitrogens with one attached hydrogen (secondary N) is 3. The Hall–Kier alpha value is -3.39. The van der Waals surface area contributed by atoms with Crippen molar-refractivity contribution in [3.63, 3.8) is 0 Å². The number of benzene rings is 2. The van der Waals surface area contributed by atoms with Gasteiger partial charge in [0.25, 0.3) is 5.91 Å². The molecule has 3 rings (SSSR count). The summed E-state index contributed by atoms with van der Waals surface area (Å²) in [6, 6.07) is 16.3. The first-order valence-electron chi connectivity index (χ1n) is 11.9. The Morgan fingerprint density at radius 2 is 1.68 bits per heavy atom. The van der Waals surface area contributed by atoms with E-state index in [1.54, 1.807) is 24.3 Å². The van der Waals surface area contributed by atoms with E-state index in [0.717, 1.165) is 50.2 Å². The number of hydrogen-bond donors (Lipinski definition) is 3. The lowest BCUT2D eigenvalue weighted by Gasteiger charge is -2.31. The number of likely N-dealkylation sites (tertiary alicyclic amines) is 1. The Bertz CT molecular complexity index is 926. The molecular weight excluding hydrogens is 432 g/mol. The van der Waals surface area contributed by atoms with Crippen molar-refractivity contribution in [3.8, 4) is 5.75 Å². The minimum absolute atomic E-state index is 0.0392. The predicted octanol–water partition coefficient (Wildman–Crippen LogP) is 2.81. The number of unbranched alkanes of at least 4 members (excludes halogenated alkanes) is 1. The number of piperidine rings is 1. The van der Waals surface area contributed by atoms with Crippen LogP contribution in [-0.2, 0) is 9.59 Å². The molecular formula is C26H34N4O4. The SMILES string of the molecule is CCCCOc1ccc(C(=O)NCC(=O)NC2CCN(CC(=O)Nc3ccccc3)CC2)cc1. The summed E-state index contributed by atoms with van der Waals surface area (Å²) in [5.41, 5.74) is 1.27. The van der Waals surface area contributed by atoms with Gasteiger partial charge in [-0.1, -0.05) is 31.5 Å². The van der Waals surface area contributed by atoms with Crippen LogP contribution in [0.15, 0.2) is 54.6 Å². The Morgan fingerprint density at radius 3 is 2.35 bits per heavy atom. The van der Waals surface area contributed by atoms with Crippen molar-refractivity contribution in [3.05, 3.63) is 60.2 Å². The van der Waals surface area contributed by atoms with E-state index in [0.29, 0.717) is 18.7 Å². The summed E-state index contributed by atoms with van der Waals surface area (Å²) in [4.78, 5) is 38.9. The minimum Gasteiger partial charge on any atom is -0.494 e. The average Bonchev–Trinajstić information content (AvgIpc) is 2.85. The van der Waals surface area contributed by atoms with Crippen molar-refractivity contribution in [1.29, 1.82) is 0 Å². The molecule has 3 N–H and O–H groups in total. The molecule has 0 aromatic heterocycles. The molecule has 1 saturated heterocycles. The zero-order valence-corrected chi connectivity index (χ0v) is 19.7. The fraction of sp³-hybridized carbons (Fsp3) is 0.423. The third-order valence-electron chi connectivity index (χ3n) is 5.67. The van der Waals surface area contributed by atoms with Gasteiger partial charge in [-0.3, -0.25) is 19.3 Å². The number of hydrogen-bond acceptors (Lipinski definition) is 5. The summed E-state index contributed by atoms with van der Waals surface area (Å²) in [5, 5.41) is 8.53. The average molecular weight is 467 g/mol. The van der Waals surface area contributed by atoms with Crippen LogP contribution in [0.4, 0.5) is 5.69 Å². The number of para-hydroxylation sites is 1. The molecule has 1 aliphatic rings. The largest absolute Gasteiger partial charge is 0.494 e. The molecule has 182 valence electrons. The molecule has 0 bridgehead atoms. The highest BCUT2D eigenvalue weighted by molar-refractivity contribution is 5.96. The third kappa shape index (κ3) is 8.51. The zero-order chi connectivity index (χ0) is 24.2. The molecule has 2 aromatic rings. The third-order valence-corrected chi connectivity index (χ3v) is 5.67. The van der Waals surface area contributed by atoms with E-state index in [1.165, 1.54) is 0 Å². The van der Waals surface area contributed by atoms with E-state index in [2.05, 4.69) is 27.8 Å². The van der Waals surface area contributed by atoms with Crippen LogP contribution >= 0.6 is 0 Å². The predicted molar refractivity (Wildman–Crippen MR) is 132 cm³/mol. The number of amides is 3. The molecule has 8 heteroatoms. The first-order valence-corrected chi connectivity index (χ1v) is 11.9. The Labute approximate surface area is 201 Å². The highest BCUT2D eigenvalue weighted by Gasteiger charge is 2.22. The van der Waals surface area contributed by atoms with Crippen LogP contribution in [0, 0.1) is 0 Å². The van der Waals surface area contributed by atoms with Crippen molar-refractivity contribution in [2.75, 3.05) is 38.1 Å². The quantitative estimate of drug-likeness (QED) is 0.442. The molecule has 1 heterocycles. The summed E-state index contributed by atoms with van der Waals surface area (Å²) in [5.74, 6) is 0.172. The Balaban J connectivity index is 1.32. The standard InChI is InChI=1S/C26H34N4O4/c1-2-3-17-34-23-11-9-20(10-12-23)26(33)27-18-24(31)28-22-13-15-30(16-14-22)19-25(32)29-21-7-5-4-6-8-21/h4-12,22H,2-3,13-19H2,1H3,(H,27,33)(H,28,31)(H,29,32). The Morgan fingerprint density at radius 1 is 0.971 bits per heavy atom. The van der Waals surface area contributed by atoms with Crippen LogP contribution in [0.2, 0.25) is 0 Å². The molecule has 1 aliphatic heterocycles.